The smallest absolute Gasteiger partial charge is 0.327 e. The standard InChI is InChI=1S/C26H29N3O2/c1-19-24(20(2)29(27-19)23-9-4-3-5-10-23)18-28-17-7-11-25(28)22-15-13-21(14-16-22)8-6-12-26(30)31/h3-6,9-10,12-16,25H,7-8,11,17-18H2,1-2H3,(H,30,31)/b12-6+/t25-/m0/s1. The van der Waals surface area contributed by atoms with E-state index in [9.17, 15) is 4.79 Å². The van der Waals surface area contributed by atoms with Crippen LogP contribution in [-0.4, -0.2) is 32.3 Å². The van der Waals surface area contributed by atoms with E-state index in [2.05, 4.69) is 59.8 Å². The van der Waals surface area contributed by atoms with Crippen molar-refractivity contribution in [3.05, 3.63) is 94.8 Å². The highest BCUT2D eigenvalue weighted by Crippen LogP contribution is 2.34. The van der Waals surface area contributed by atoms with Crippen LogP contribution in [0.2, 0.25) is 0 Å². The SMILES string of the molecule is Cc1nn(-c2ccccc2)c(C)c1CN1CCC[C@H]1c1ccc(C/C=C/C(=O)O)cc1. The van der Waals surface area contributed by atoms with Gasteiger partial charge in [-0.05, 0) is 62.9 Å². The van der Waals surface area contributed by atoms with E-state index in [-0.39, 0.29) is 0 Å². The van der Waals surface area contributed by atoms with E-state index < -0.39 is 5.97 Å². The third-order valence-electron chi connectivity index (χ3n) is 6.15. The first-order chi connectivity index (χ1) is 15.0. The van der Waals surface area contributed by atoms with E-state index in [4.69, 9.17) is 10.2 Å². The summed E-state index contributed by atoms with van der Waals surface area (Å²) in [7, 11) is 0. The van der Waals surface area contributed by atoms with Crippen molar-refractivity contribution < 1.29 is 9.90 Å². The topological polar surface area (TPSA) is 58.4 Å². The van der Waals surface area contributed by atoms with Crippen molar-refractivity contribution in [2.45, 2.75) is 45.7 Å². The van der Waals surface area contributed by atoms with Gasteiger partial charge in [-0.2, -0.15) is 5.10 Å². The van der Waals surface area contributed by atoms with Gasteiger partial charge in [0.05, 0.1) is 11.4 Å². The summed E-state index contributed by atoms with van der Waals surface area (Å²) in [6.45, 7) is 6.25. The minimum Gasteiger partial charge on any atom is -0.478 e. The molecule has 5 heteroatoms. The van der Waals surface area contributed by atoms with Crippen molar-refractivity contribution in [1.29, 1.82) is 0 Å². The normalized spacial score (nSPS) is 16.9. The number of likely N-dealkylation sites (tertiary alicyclic amines) is 1. The van der Waals surface area contributed by atoms with Crippen LogP contribution in [-0.2, 0) is 17.8 Å². The Morgan fingerprint density at radius 1 is 1.13 bits per heavy atom. The molecule has 160 valence electrons. The lowest BCUT2D eigenvalue weighted by molar-refractivity contribution is -0.131. The molecule has 1 atom stereocenters. The number of carboxylic acid groups (broad SMARTS) is 1. The highest BCUT2D eigenvalue weighted by molar-refractivity contribution is 5.79. The average molecular weight is 416 g/mol. The fourth-order valence-corrected chi connectivity index (χ4v) is 4.49. The van der Waals surface area contributed by atoms with Crippen molar-refractivity contribution >= 4 is 5.97 Å². The zero-order valence-electron chi connectivity index (χ0n) is 18.2. The van der Waals surface area contributed by atoms with Crippen molar-refractivity contribution in [1.82, 2.24) is 14.7 Å². The summed E-state index contributed by atoms with van der Waals surface area (Å²) in [6, 6.07) is 19.3. The van der Waals surface area contributed by atoms with E-state index in [0.29, 0.717) is 12.5 Å². The minimum atomic E-state index is -0.903. The van der Waals surface area contributed by atoms with Crippen molar-refractivity contribution in [3.63, 3.8) is 0 Å². The van der Waals surface area contributed by atoms with Gasteiger partial charge in [-0.3, -0.25) is 4.90 Å². The van der Waals surface area contributed by atoms with E-state index in [0.717, 1.165) is 36.5 Å². The molecule has 0 aliphatic carbocycles. The number of para-hydroxylation sites is 1. The number of rotatable bonds is 7. The molecule has 0 bridgehead atoms. The lowest BCUT2D eigenvalue weighted by atomic mass is 10.0. The molecule has 31 heavy (non-hydrogen) atoms. The van der Waals surface area contributed by atoms with Gasteiger partial charge in [-0.25, -0.2) is 9.48 Å². The molecule has 0 amide bonds. The minimum absolute atomic E-state index is 0.405. The Bertz CT molecular complexity index is 1070. The van der Waals surface area contributed by atoms with E-state index in [1.54, 1.807) is 6.08 Å². The average Bonchev–Trinajstić information content (AvgIpc) is 3.35. The van der Waals surface area contributed by atoms with Crippen LogP contribution in [0.25, 0.3) is 5.69 Å². The van der Waals surface area contributed by atoms with Crippen molar-refractivity contribution in [2.24, 2.45) is 0 Å². The van der Waals surface area contributed by atoms with Gasteiger partial charge in [-0.1, -0.05) is 48.5 Å². The molecular weight excluding hydrogens is 386 g/mol. The number of carboxylic acids is 1. The van der Waals surface area contributed by atoms with Crippen LogP contribution in [0.1, 0.15) is 47.0 Å². The van der Waals surface area contributed by atoms with Crippen LogP contribution in [0.3, 0.4) is 0 Å². The number of hydrogen-bond donors (Lipinski definition) is 1. The molecular formula is C26H29N3O2. The summed E-state index contributed by atoms with van der Waals surface area (Å²) >= 11 is 0. The lowest BCUT2D eigenvalue weighted by Gasteiger charge is -2.25. The molecule has 1 N–H and O–H groups in total. The van der Waals surface area contributed by atoms with E-state index >= 15 is 0 Å². The molecule has 2 heterocycles. The molecule has 2 aromatic carbocycles. The third-order valence-corrected chi connectivity index (χ3v) is 6.15. The van der Waals surface area contributed by atoms with Crippen LogP contribution in [0, 0.1) is 13.8 Å². The Balaban J connectivity index is 1.50. The van der Waals surface area contributed by atoms with Crippen LogP contribution >= 0.6 is 0 Å². The number of aromatic nitrogens is 2. The predicted octanol–water partition coefficient (Wildman–Crippen LogP) is 5.01. The number of carbonyl (C=O) groups is 1. The highest BCUT2D eigenvalue weighted by Gasteiger charge is 2.27. The Kier molecular flexibility index (Phi) is 6.33. The summed E-state index contributed by atoms with van der Waals surface area (Å²) in [4.78, 5) is 13.2. The second-order valence-electron chi connectivity index (χ2n) is 8.21. The molecule has 0 unspecified atom stereocenters. The number of aliphatic carboxylic acids is 1. The van der Waals surface area contributed by atoms with Gasteiger partial charge in [0.25, 0.3) is 0 Å². The Morgan fingerprint density at radius 3 is 2.58 bits per heavy atom. The monoisotopic (exact) mass is 415 g/mol. The number of allylic oxidation sites excluding steroid dienone is 1. The van der Waals surface area contributed by atoms with Crippen LogP contribution in [0.5, 0.6) is 0 Å². The van der Waals surface area contributed by atoms with Gasteiger partial charge in [0, 0.05) is 29.9 Å². The Hall–Kier alpha value is -3.18. The van der Waals surface area contributed by atoms with Crippen LogP contribution in [0.15, 0.2) is 66.7 Å². The molecule has 0 radical (unpaired) electrons. The predicted molar refractivity (Wildman–Crippen MR) is 122 cm³/mol. The largest absolute Gasteiger partial charge is 0.478 e. The third kappa shape index (κ3) is 4.78. The first kappa shape index (κ1) is 21.1. The molecule has 1 fully saturated rings. The summed E-state index contributed by atoms with van der Waals surface area (Å²) in [6.07, 6.45) is 5.88. The molecule has 1 saturated heterocycles. The molecule has 3 aromatic rings. The quantitative estimate of drug-likeness (QED) is 0.551. The Labute approximate surface area is 183 Å². The molecule has 1 aromatic heterocycles. The number of hydrogen-bond acceptors (Lipinski definition) is 3. The lowest BCUT2D eigenvalue weighted by Crippen LogP contribution is -2.23. The first-order valence-corrected chi connectivity index (χ1v) is 10.9. The van der Waals surface area contributed by atoms with Crippen molar-refractivity contribution in [3.8, 4) is 5.69 Å². The second kappa shape index (κ2) is 9.31. The van der Waals surface area contributed by atoms with Crippen LogP contribution < -0.4 is 0 Å². The van der Waals surface area contributed by atoms with Gasteiger partial charge >= 0.3 is 5.97 Å². The number of aryl methyl sites for hydroxylation is 1. The summed E-state index contributed by atoms with van der Waals surface area (Å²) < 4.78 is 2.05. The van der Waals surface area contributed by atoms with Gasteiger partial charge in [0.1, 0.15) is 0 Å². The van der Waals surface area contributed by atoms with Crippen LogP contribution in [0.4, 0.5) is 0 Å². The first-order valence-electron chi connectivity index (χ1n) is 10.9. The van der Waals surface area contributed by atoms with Crippen molar-refractivity contribution in [2.75, 3.05) is 6.54 Å². The molecule has 0 spiro atoms. The van der Waals surface area contributed by atoms with Gasteiger partial charge in [0.2, 0.25) is 0 Å². The molecule has 5 nitrogen and oxygen atoms in total. The van der Waals surface area contributed by atoms with Gasteiger partial charge in [0.15, 0.2) is 0 Å². The number of benzene rings is 2. The maximum Gasteiger partial charge on any atom is 0.327 e. The summed E-state index contributed by atoms with van der Waals surface area (Å²) in [5, 5.41) is 13.6. The maximum atomic E-state index is 10.6. The summed E-state index contributed by atoms with van der Waals surface area (Å²) in [5.74, 6) is -0.903. The fourth-order valence-electron chi connectivity index (χ4n) is 4.49. The highest BCUT2D eigenvalue weighted by atomic mass is 16.4. The van der Waals surface area contributed by atoms with Gasteiger partial charge in [-0.15, -0.1) is 0 Å². The van der Waals surface area contributed by atoms with Gasteiger partial charge < -0.3 is 5.11 Å². The molecule has 1 aliphatic rings. The molecule has 0 saturated carbocycles. The fraction of sp³-hybridized carbons (Fsp3) is 0.308. The zero-order chi connectivity index (χ0) is 21.8. The maximum absolute atomic E-state index is 10.6. The zero-order valence-corrected chi connectivity index (χ0v) is 18.2. The molecule has 4 rings (SSSR count). The number of nitrogens with zero attached hydrogens (tertiary/aromatic N) is 3. The van der Waals surface area contributed by atoms with E-state index in [1.165, 1.54) is 29.3 Å². The van der Waals surface area contributed by atoms with E-state index in [1.807, 2.05) is 18.2 Å². The summed E-state index contributed by atoms with van der Waals surface area (Å²) in [5.41, 5.74) is 7.16. The second-order valence-corrected chi connectivity index (χ2v) is 8.21. The Morgan fingerprint density at radius 2 is 1.87 bits per heavy atom. The molecule has 1 aliphatic heterocycles.